The van der Waals surface area contributed by atoms with Crippen LogP contribution in [0.4, 0.5) is 4.39 Å². The van der Waals surface area contributed by atoms with Crippen LogP contribution >= 0.6 is 12.4 Å². The molecule has 0 saturated carbocycles. The van der Waals surface area contributed by atoms with Gasteiger partial charge >= 0.3 is 0 Å². The summed E-state index contributed by atoms with van der Waals surface area (Å²) >= 11 is 0. The van der Waals surface area contributed by atoms with Crippen molar-refractivity contribution in [1.29, 1.82) is 0 Å². The first-order chi connectivity index (χ1) is 4.70. The summed E-state index contributed by atoms with van der Waals surface area (Å²) in [5, 5.41) is 0. The Morgan fingerprint density at radius 3 is 2.55 bits per heavy atom. The van der Waals surface area contributed by atoms with Gasteiger partial charge in [-0.15, -0.1) is 12.4 Å². The van der Waals surface area contributed by atoms with Crippen molar-refractivity contribution in [3.8, 4) is 0 Å². The third kappa shape index (κ3) is 2.82. The van der Waals surface area contributed by atoms with E-state index in [-0.39, 0.29) is 24.3 Å². The first-order valence-corrected chi connectivity index (χ1v) is 3.06. The highest BCUT2D eigenvalue weighted by Gasteiger charge is 1.99. The van der Waals surface area contributed by atoms with Gasteiger partial charge in [0.1, 0.15) is 5.82 Å². The molecule has 2 nitrogen and oxygen atoms in total. The zero-order valence-electron chi connectivity index (χ0n) is 6.12. The highest BCUT2D eigenvalue weighted by Crippen LogP contribution is 2.07. The van der Waals surface area contributed by atoms with Crippen LogP contribution in [0.25, 0.3) is 0 Å². The zero-order valence-corrected chi connectivity index (χ0v) is 6.94. The Hall–Kier alpha value is -0.670. The average molecular weight is 177 g/mol. The van der Waals surface area contributed by atoms with Crippen molar-refractivity contribution in [2.45, 2.75) is 13.0 Å². The summed E-state index contributed by atoms with van der Waals surface area (Å²) in [6.07, 6.45) is 2.72. The van der Waals surface area contributed by atoms with Gasteiger partial charge in [0.2, 0.25) is 0 Å². The van der Waals surface area contributed by atoms with Crippen molar-refractivity contribution in [3.05, 3.63) is 29.8 Å². The van der Waals surface area contributed by atoms with Crippen molar-refractivity contribution < 1.29 is 4.39 Å². The summed E-state index contributed by atoms with van der Waals surface area (Å²) in [6, 6.07) is 1.24. The van der Waals surface area contributed by atoms with E-state index in [9.17, 15) is 4.39 Å². The number of rotatable bonds is 1. The molecule has 0 aliphatic heterocycles. The minimum absolute atomic E-state index is 0. The van der Waals surface area contributed by atoms with Gasteiger partial charge in [-0.3, -0.25) is 4.98 Å². The maximum Gasteiger partial charge on any atom is 0.141 e. The number of nitrogens with two attached hydrogens (primary N) is 1. The summed E-state index contributed by atoms with van der Waals surface area (Å²) < 4.78 is 12.4. The van der Waals surface area contributed by atoms with Gasteiger partial charge in [0.15, 0.2) is 0 Å². The van der Waals surface area contributed by atoms with E-state index >= 15 is 0 Å². The van der Waals surface area contributed by atoms with E-state index in [1.54, 1.807) is 13.1 Å². The second kappa shape index (κ2) is 4.26. The third-order valence-electron chi connectivity index (χ3n) is 1.25. The molecule has 1 rings (SSSR count). The molecule has 0 saturated heterocycles. The normalized spacial score (nSPS) is 11.9. The van der Waals surface area contributed by atoms with Crippen molar-refractivity contribution >= 4 is 12.4 Å². The lowest BCUT2D eigenvalue weighted by molar-refractivity contribution is 0.615. The number of aromatic nitrogens is 1. The van der Waals surface area contributed by atoms with Gasteiger partial charge in [0.25, 0.3) is 0 Å². The molecule has 2 N–H and O–H groups in total. The molecule has 0 fully saturated rings. The molecule has 0 bridgehead atoms. The average Bonchev–Trinajstić information content (AvgIpc) is 1.88. The molecule has 4 heteroatoms. The van der Waals surface area contributed by atoms with Crippen LogP contribution in [0.1, 0.15) is 18.5 Å². The minimum atomic E-state index is -0.338. The molecule has 0 aliphatic carbocycles. The molecule has 0 radical (unpaired) electrons. The highest BCUT2D eigenvalue weighted by atomic mass is 35.5. The Kier molecular flexibility index (Phi) is 4.00. The molecular weight excluding hydrogens is 167 g/mol. The molecule has 11 heavy (non-hydrogen) atoms. The summed E-state index contributed by atoms with van der Waals surface area (Å²) in [5.41, 5.74) is 6.20. The van der Waals surface area contributed by atoms with Crippen LogP contribution in [0.15, 0.2) is 18.5 Å². The largest absolute Gasteiger partial charge is 0.324 e. The van der Waals surface area contributed by atoms with Gasteiger partial charge in [0, 0.05) is 12.2 Å². The first-order valence-electron chi connectivity index (χ1n) is 3.06. The van der Waals surface area contributed by atoms with Crippen LogP contribution < -0.4 is 5.73 Å². The van der Waals surface area contributed by atoms with Gasteiger partial charge in [0.05, 0.1) is 6.20 Å². The number of hydrogen-bond donors (Lipinski definition) is 1. The Morgan fingerprint density at radius 2 is 2.18 bits per heavy atom. The maximum atomic E-state index is 12.4. The number of hydrogen-bond acceptors (Lipinski definition) is 2. The molecule has 0 aliphatic rings. The maximum absolute atomic E-state index is 12.4. The van der Waals surface area contributed by atoms with Crippen LogP contribution in [0.5, 0.6) is 0 Å². The van der Waals surface area contributed by atoms with E-state index in [2.05, 4.69) is 4.98 Å². The van der Waals surface area contributed by atoms with E-state index in [4.69, 9.17) is 5.73 Å². The topological polar surface area (TPSA) is 38.9 Å². The molecule has 62 valence electrons. The van der Waals surface area contributed by atoms with Crippen LogP contribution in [-0.2, 0) is 0 Å². The number of halogens is 2. The smallest absolute Gasteiger partial charge is 0.141 e. The summed E-state index contributed by atoms with van der Waals surface area (Å²) in [7, 11) is 0. The molecule has 0 spiro atoms. The van der Waals surface area contributed by atoms with Gasteiger partial charge in [-0.1, -0.05) is 0 Å². The predicted octanol–water partition coefficient (Wildman–Crippen LogP) is 1.66. The van der Waals surface area contributed by atoms with E-state index in [0.29, 0.717) is 0 Å². The van der Waals surface area contributed by atoms with Crippen LogP contribution in [0, 0.1) is 5.82 Å². The van der Waals surface area contributed by atoms with Crippen molar-refractivity contribution in [1.82, 2.24) is 4.98 Å². The Labute approximate surface area is 71.0 Å². The molecule has 1 heterocycles. The summed E-state index contributed by atoms with van der Waals surface area (Å²) in [4.78, 5) is 3.65. The second-order valence-electron chi connectivity index (χ2n) is 2.23. The van der Waals surface area contributed by atoms with Crippen LogP contribution in [0.2, 0.25) is 0 Å². The standard InChI is InChI=1S/C7H9FN2.ClH/c1-5(9)6-2-7(8)4-10-3-6;/h2-5H,9H2,1H3;1H/t5-;/m0./s1. The number of pyridine rings is 1. The summed E-state index contributed by atoms with van der Waals surface area (Å²) in [5.74, 6) is -0.338. The highest BCUT2D eigenvalue weighted by molar-refractivity contribution is 5.85. The van der Waals surface area contributed by atoms with Gasteiger partial charge in [-0.05, 0) is 18.6 Å². The lowest BCUT2D eigenvalue weighted by atomic mass is 10.2. The predicted molar refractivity (Wildman–Crippen MR) is 44.0 cm³/mol. The molecule has 0 amide bonds. The molecule has 0 unspecified atom stereocenters. The second-order valence-corrected chi connectivity index (χ2v) is 2.23. The van der Waals surface area contributed by atoms with E-state index in [1.165, 1.54) is 6.07 Å². The monoisotopic (exact) mass is 176 g/mol. The Bertz CT molecular complexity index is 227. The fourth-order valence-electron chi connectivity index (χ4n) is 0.677. The molecule has 1 aromatic rings. The lowest BCUT2D eigenvalue weighted by Gasteiger charge is -2.02. The van der Waals surface area contributed by atoms with Crippen LogP contribution in [0.3, 0.4) is 0 Å². The van der Waals surface area contributed by atoms with Gasteiger partial charge in [-0.2, -0.15) is 0 Å². The third-order valence-corrected chi connectivity index (χ3v) is 1.25. The van der Waals surface area contributed by atoms with E-state index < -0.39 is 0 Å². The van der Waals surface area contributed by atoms with Crippen LogP contribution in [-0.4, -0.2) is 4.98 Å². The fraction of sp³-hybridized carbons (Fsp3) is 0.286. The van der Waals surface area contributed by atoms with Gasteiger partial charge < -0.3 is 5.73 Å². The fourth-order valence-corrected chi connectivity index (χ4v) is 0.677. The Morgan fingerprint density at radius 1 is 1.55 bits per heavy atom. The molecule has 1 atom stereocenters. The van der Waals surface area contributed by atoms with Crippen molar-refractivity contribution in [3.63, 3.8) is 0 Å². The molecular formula is C7H10ClFN2. The van der Waals surface area contributed by atoms with E-state index in [0.717, 1.165) is 11.8 Å². The first kappa shape index (κ1) is 10.3. The SMILES string of the molecule is C[C@H](N)c1cncc(F)c1.Cl. The van der Waals surface area contributed by atoms with Crippen molar-refractivity contribution in [2.75, 3.05) is 0 Å². The van der Waals surface area contributed by atoms with Crippen molar-refractivity contribution in [2.24, 2.45) is 5.73 Å². The molecule has 1 aromatic heterocycles. The minimum Gasteiger partial charge on any atom is -0.324 e. The lowest BCUT2D eigenvalue weighted by Crippen LogP contribution is -2.05. The molecule has 0 aromatic carbocycles. The quantitative estimate of drug-likeness (QED) is 0.707. The Balaban J connectivity index is 0.000001000. The van der Waals surface area contributed by atoms with E-state index in [1.807, 2.05) is 0 Å². The summed E-state index contributed by atoms with van der Waals surface area (Å²) in [6.45, 7) is 1.79. The number of nitrogens with zero attached hydrogens (tertiary/aromatic N) is 1. The van der Waals surface area contributed by atoms with Gasteiger partial charge in [-0.25, -0.2) is 4.39 Å². The zero-order chi connectivity index (χ0) is 7.56.